The molecule has 0 aliphatic rings. The Kier molecular flexibility index (Phi) is 6.13. The van der Waals surface area contributed by atoms with Gasteiger partial charge in [-0.3, -0.25) is 4.79 Å². The highest BCUT2D eigenvalue weighted by molar-refractivity contribution is 9.10. The maximum Gasteiger partial charge on any atom is 0.265 e. The molecule has 4 rings (SSSR count). The normalized spacial score (nSPS) is 10.8. The van der Waals surface area contributed by atoms with Gasteiger partial charge in [-0.25, -0.2) is 0 Å². The van der Waals surface area contributed by atoms with Crippen molar-refractivity contribution in [1.29, 1.82) is 0 Å². The third-order valence-corrected chi connectivity index (χ3v) is 5.01. The van der Waals surface area contributed by atoms with Gasteiger partial charge in [-0.2, -0.15) is 9.97 Å². The molecule has 0 fully saturated rings. The summed E-state index contributed by atoms with van der Waals surface area (Å²) in [4.78, 5) is 21.0. The third kappa shape index (κ3) is 4.66. The van der Waals surface area contributed by atoms with Crippen LogP contribution in [0.4, 0.5) is 0 Å². The number of carbonyl (C=O) groups is 1. The van der Waals surface area contributed by atoms with Gasteiger partial charge >= 0.3 is 0 Å². The molecule has 4 aromatic rings. The summed E-state index contributed by atoms with van der Waals surface area (Å²) in [5.41, 5.74) is 2.55. The molecule has 0 saturated carbocycles. The van der Waals surface area contributed by atoms with E-state index in [4.69, 9.17) is 14.0 Å². The fraction of sp³-hybridized carbons (Fsp3) is 0.182. The Morgan fingerprint density at radius 1 is 1.16 bits per heavy atom. The number of fused-ring (bicyclic) bond motifs is 1. The van der Waals surface area contributed by atoms with E-state index in [0.717, 1.165) is 15.6 Å². The lowest BCUT2D eigenvalue weighted by molar-refractivity contribution is -0.123. The van der Waals surface area contributed by atoms with E-state index >= 15 is 0 Å². The average Bonchev–Trinajstić information content (AvgIpc) is 3.20. The van der Waals surface area contributed by atoms with Crippen molar-refractivity contribution in [3.05, 3.63) is 64.4 Å². The number of hydrogen-bond acceptors (Lipinski definition) is 7. The van der Waals surface area contributed by atoms with Gasteiger partial charge in [0.05, 0.1) is 7.11 Å². The molecule has 2 aromatic carbocycles. The molecule has 1 N–H and O–H groups in total. The van der Waals surface area contributed by atoms with Crippen molar-refractivity contribution < 1.29 is 18.8 Å². The maximum absolute atomic E-state index is 12.4. The first-order chi connectivity index (χ1) is 15.0. The van der Waals surface area contributed by atoms with E-state index < -0.39 is 0 Å². The number of carbonyl (C=O) groups excluding carboxylic acids is 1. The summed E-state index contributed by atoms with van der Waals surface area (Å²) in [7, 11) is 1.59. The van der Waals surface area contributed by atoms with Crippen molar-refractivity contribution in [2.75, 3.05) is 13.7 Å². The summed E-state index contributed by atoms with van der Waals surface area (Å²) in [5.74, 6) is 1.09. The zero-order valence-electron chi connectivity index (χ0n) is 16.9. The number of nitrogens with zero attached hydrogens (tertiary/aromatic N) is 3. The molecule has 158 valence electrons. The van der Waals surface area contributed by atoms with E-state index in [0.29, 0.717) is 34.9 Å². The summed E-state index contributed by atoms with van der Waals surface area (Å²) in [5, 5.41) is 7.47. The Hall–Kier alpha value is -3.46. The predicted octanol–water partition coefficient (Wildman–Crippen LogP) is 4.06. The molecule has 0 radical (unpaired) electrons. The number of aryl methyl sites for hydroxylation is 1. The standard InChI is InChI=1S/C22H19BrN4O4/c1-13-25-21(19-20(27-31-22(19)26-13)14-6-4-3-5-7-14)30-12-18(28)24-11-15-10-16(23)8-9-17(15)29-2/h3-10H,11-12H2,1-2H3,(H,24,28). The van der Waals surface area contributed by atoms with E-state index in [-0.39, 0.29) is 18.4 Å². The molecule has 2 aromatic heterocycles. The van der Waals surface area contributed by atoms with Gasteiger partial charge in [-0.15, -0.1) is 0 Å². The van der Waals surface area contributed by atoms with Crippen LogP contribution in [0.5, 0.6) is 11.6 Å². The molecule has 9 heteroatoms. The van der Waals surface area contributed by atoms with Crippen molar-refractivity contribution in [2.24, 2.45) is 0 Å². The van der Waals surface area contributed by atoms with Crippen LogP contribution in [0.1, 0.15) is 11.4 Å². The number of ether oxygens (including phenoxy) is 2. The number of benzene rings is 2. The quantitative estimate of drug-likeness (QED) is 0.423. The Bertz CT molecular complexity index is 1230. The fourth-order valence-corrected chi connectivity index (χ4v) is 3.50. The SMILES string of the molecule is COc1ccc(Br)cc1CNC(=O)COc1nc(C)nc2onc(-c3ccccc3)c12. The molecule has 0 aliphatic heterocycles. The van der Waals surface area contributed by atoms with Crippen LogP contribution in [-0.2, 0) is 11.3 Å². The Morgan fingerprint density at radius 3 is 2.74 bits per heavy atom. The second-order valence-electron chi connectivity index (χ2n) is 6.67. The monoisotopic (exact) mass is 482 g/mol. The van der Waals surface area contributed by atoms with E-state index in [1.54, 1.807) is 14.0 Å². The number of rotatable bonds is 7. The molecule has 1 amide bonds. The van der Waals surface area contributed by atoms with Gasteiger partial charge in [0.1, 0.15) is 22.7 Å². The van der Waals surface area contributed by atoms with Crippen LogP contribution in [0.3, 0.4) is 0 Å². The molecule has 0 atom stereocenters. The summed E-state index contributed by atoms with van der Waals surface area (Å²) in [6.45, 7) is 1.80. The summed E-state index contributed by atoms with van der Waals surface area (Å²) in [6, 6.07) is 15.1. The number of aromatic nitrogens is 3. The minimum absolute atomic E-state index is 0.221. The highest BCUT2D eigenvalue weighted by atomic mass is 79.9. The Labute approximate surface area is 186 Å². The van der Waals surface area contributed by atoms with E-state index in [1.165, 1.54) is 0 Å². The number of amides is 1. The van der Waals surface area contributed by atoms with Crippen LogP contribution >= 0.6 is 15.9 Å². The van der Waals surface area contributed by atoms with Crippen molar-refractivity contribution >= 4 is 32.9 Å². The first-order valence-corrected chi connectivity index (χ1v) is 10.3. The number of nitrogens with one attached hydrogen (secondary N) is 1. The fourth-order valence-electron chi connectivity index (χ4n) is 3.09. The third-order valence-electron chi connectivity index (χ3n) is 4.52. The maximum atomic E-state index is 12.4. The molecule has 0 unspecified atom stereocenters. The second-order valence-corrected chi connectivity index (χ2v) is 7.59. The number of hydrogen-bond donors (Lipinski definition) is 1. The first kappa shape index (κ1) is 20.8. The molecule has 2 heterocycles. The van der Waals surface area contributed by atoms with Gasteiger partial charge in [0, 0.05) is 22.1 Å². The van der Waals surface area contributed by atoms with Crippen LogP contribution in [0.15, 0.2) is 57.5 Å². The van der Waals surface area contributed by atoms with Crippen LogP contribution < -0.4 is 14.8 Å². The van der Waals surface area contributed by atoms with Gasteiger partial charge < -0.3 is 19.3 Å². The minimum atomic E-state index is -0.302. The lowest BCUT2D eigenvalue weighted by Crippen LogP contribution is -2.28. The predicted molar refractivity (Wildman–Crippen MR) is 118 cm³/mol. The van der Waals surface area contributed by atoms with Gasteiger partial charge in [0.2, 0.25) is 5.88 Å². The van der Waals surface area contributed by atoms with E-state index in [1.807, 2.05) is 48.5 Å². The zero-order valence-corrected chi connectivity index (χ0v) is 18.5. The van der Waals surface area contributed by atoms with Crippen LogP contribution in [-0.4, -0.2) is 34.7 Å². The summed E-state index contributed by atoms with van der Waals surface area (Å²) < 4.78 is 17.3. The number of halogens is 1. The van der Waals surface area contributed by atoms with Crippen LogP contribution in [0, 0.1) is 6.92 Å². The highest BCUT2D eigenvalue weighted by Gasteiger charge is 2.19. The van der Waals surface area contributed by atoms with E-state index in [2.05, 4.69) is 36.4 Å². The van der Waals surface area contributed by atoms with E-state index in [9.17, 15) is 4.79 Å². The van der Waals surface area contributed by atoms with Gasteiger partial charge in [0.25, 0.3) is 11.6 Å². The molecular weight excluding hydrogens is 464 g/mol. The zero-order chi connectivity index (χ0) is 21.8. The lowest BCUT2D eigenvalue weighted by atomic mass is 10.1. The molecule has 8 nitrogen and oxygen atoms in total. The summed E-state index contributed by atoms with van der Waals surface area (Å²) >= 11 is 3.42. The smallest absolute Gasteiger partial charge is 0.265 e. The lowest BCUT2D eigenvalue weighted by Gasteiger charge is -2.11. The second kappa shape index (κ2) is 9.13. The highest BCUT2D eigenvalue weighted by Crippen LogP contribution is 2.32. The van der Waals surface area contributed by atoms with Gasteiger partial charge in [-0.1, -0.05) is 51.4 Å². The molecule has 0 spiro atoms. The largest absolute Gasteiger partial charge is 0.496 e. The van der Waals surface area contributed by atoms with Gasteiger partial charge in [0.15, 0.2) is 6.61 Å². The first-order valence-electron chi connectivity index (χ1n) is 9.46. The Balaban J connectivity index is 1.51. The molecule has 31 heavy (non-hydrogen) atoms. The van der Waals surface area contributed by atoms with Crippen molar-refractivity contribution in [1.82, 2.24) is 20.4 Å². The van der Waals surface area contributed by atoms with Crippen LogP contribution in [0.2, 0.25) is 0 Å². The topological polar surface area (TPSA) is 99.4 Å². The molecule has 0 saturated heterocycles. The number of methoxy groups -OCH3 is 1. The molecule has 0 bridgehead atoms. The van der Waals surface area contributed by atoms with Crippen molar-refractivity contribution in [2.45, 2.75) is 13.5 Å². The molecular formula is C22H19BrN4O4. The minimum Gasteiger partial charge on any atom is -0.496 e. The average molecular weight is 483 g/mol. The van der Waals surface area contributed by atoms with Crippen molar-refractivity contribution in [3.63, 3.8) is 0 Å². The van der Waals surface area contributed by atoms with Gasteiger partial charge in [-0.05, 0) is 25.1 Å². The molecule has 0 aliphatic carbocycles. The van der Waals surface area contributed by atoms with Crippen molar-refractivity contribution in [3.8, 4) is 22.9 Å². The Morgan fingerprint density at radius 2 is 1.97 bits per heavy atom. The summed E-state index contributed by atoms with van der Waals surface area (Å²) in [6.07, 6.45) is 0. The van der Waals surface area contributed by atoms with Crippen LogP contribution in [0.25, 0.3) is 22.4 Å².